The van der Waals surface area contributed by atoms with Crippen LogP contribution in [0, 0.1) is 5.41 Å². The number of nitrogen functional groups attached to an aromatic ring is 1. The maximum Gasteiger partial charge on any atom is 0.128 e. The van der Waals surface area contributed by atoms with Crippen LogP contribution in [0.1, 0.15) is 23.1 Å². The fourth-order valence-corrected chi connectivity index (χ4v) is 6.25. The highest BCUT2D eigenvalue weighted by Gasteiger charge is 2.46. The second-order valence-electron chi connectivity index (χ2n) is 8.63. The topological polar surface area (TPSA) is 108 Å². The van der Waals surface area contributed by atoms with E-state index in [1.165, 1.54) is 12.4 Å². The second-order valence-corrected chi connectivity index (χ2v) is 10.7. The maximum absolute atomic E-state index is 11.9. The van der Waals surface area contributed by atoms with E-state index in [-0.39, 0.29) is 12.3 Å². The monoisotopic (exact) mass is 530 g/mol. The van der Waals surface area contributed by atoms with Crippen LogP contribution in [0.15, 0.2) is 48.9 Å². The van der Waals surface area contributed by atoms with E-state index in [4.69, 9.17) is 39.1 Å². The summed E-state index contributed by atoms with van der Waals surface area (Å²) in [6.07, 6.45) is 7.54. The lowest BCUT2D eigenvalue weighted by molar-refractivity contribution is 0.0950. The molecule has 2 aromatic heterocycles. The number of hydrogen-bond acceptors (Lipinski definition) is 7. The molecular formula is C24H24Cl2N6O2S. The van der Waals surface area contributed by atoms with E-state index in [0.29, 0.717) is 50.3 Å². The van der Waals surface area contributed by atoms with Crippen LogP contribution in [0.3, 0.4) is 0 Å². The fraction of sp³-hybridized carbons (Fsp3) is 0.292. The van der Waals surface area contributed by atoms with Crippen LogP contribution in [0.2, 0.25) is 10.0 Å². The van der Waals surface area contributed by atoms with Gasteiger partial charge in [0.15, 0.2) is 0 Å². The molecule has 3 unspecified atom stereocenters. The molecule has 0 amide bonds. The van der Waals surface area contributed by atoms with Gasteiger partial charge in [-0.1, -0.05) is 23.2 Å². The molecule has 0 spiro atoms. The number of halogens is 2. The summed E-state index contributed by atoms with van der Waals surface area (Å²) in [5.41, 5.74) is 8.74. The van der Waals surface area contributed by atoms with Crippen LogP contribution in [0.5, 0.6) is 5.75 Å². The molecule has 35 heavy (non-hydrogen) atoms. The zero-order valence-electron chi connectivity index (χ0n) is 18.9. The molecule has 3 saturated heterocycles. The first kappa shape index (κ1) is 24.0. The standard InChI is InChI=1S/C24H24Cl2N6O2S/c1-35(33)32-15-6-16(32)12-31(11-15)23-5-2-14(8-30-23)24(28)18-7-17(3-4-22(18)27)34-13-19-20(25)9-29-10-21(19)26/h2-5,7-10,15-16,28H,6,11-13,27H2,1H3. The van der Waals surface area contributed by atoms with E-state index in [1.54, 1.807) is 30.7 Å². The minimum absolute atomic E-state index is 0.161. The lowest BCUT2D eigenvalue weighted by Gasteiger charge is -2.55. The molecule has 5 heterocycles. The second kappa shape index (κ2) is 9.73. The molecule has 3 aromatic rings. The smallest absolute Gasteiger partial charge is 0.128 e. The van der Waals surface area contributed by atoms with Crippen molar-refractivity contribution in [1.29, 1.82) is 5.41 Å². The Morgan fingerprint density at radius 2 is 1.89 bits per heavy atom. The van der Waals surface area contributed by atoms with Crippen LogP contribution in [0.4, 0.5) is 11.5 Å². The number of piperazine rings is 1. The van der Waals surface area contributed by atoms with Gasteiger partial charge in [0.25, 0.3) is 0 Å². The van der Waals surface area contributed by atoms with Gasteiger partial charge in [0.05, 0.1) is 26.7 Å². The van der Waals surface area contributed by atoms with Gasteiger partial charge in [-0.2, -0.15) is 0 Å². The van der Waals surface area contributed by atoms with Crippen molar-refractivity contribution >= 4 is 51.4 Å². The Hall–Kier alpha value is -2.72. The number of ether oxygens (including phenoxy) is 1. The zero-order valence-corrected chi connectivity index (χ0v) is 21.3. The molecule has 0 radical (unpaired) electrons. The van der Waals surface area contributed by atoms with Crippen LogP contribution >= 0.6 is 23.2 Å². The zero-order chi connectivity index (χ0) is 24.7. The first-order valence-electron chi connectivity index (χ1n) is 11.0. The van der Waals surface area contributed by atoms with Crippen LogP contribution < -0.4 is 15.4 Å². The van der Waals surface area contributed by atoms with Gasteiger partial charge >= 0.3 is 0 Å². The average molecular weight is 531 g/mol. The number of nitrogens with zero attached hydrogens (tertiary/aromatic N) is 4. The average Bonchev–Trinajstić information content (AvgIpc) is 2.84. The molecule has 1 aromatic carbocycles. The summed E-state index contributed by atoms with van der Waals surface area (Å²) in [5.74, 6) is 1.40. The highest BCUT2D eigenvalue weighted by Crippen LogP contribution is 2.35. The Morgan fingerprint density at radius 1 is 1.17 bits per heavy atom. The van der Waals surface area contributed by atoms with Gasteiger partial charge in [-0.3, -0.25) is 10.4 Å². The summed E-state index contributed by atoms with van der Waals surface area (Å²) in [4.78, 5) is 10.8. The van der Waals surface area contributed by atoms with Crippen molar-refractivity contribution in [2.45, 2.75) is 25.1 Å². The number of piperidine rings is 1. The summed E-state index contributed by atoms with van der Waals surface area (Å²) in [6.45, 7) is 1.77. The predicted octanol–water partition coefficient (Wildman–Crippen LogP) is 3.92. The lowest BCUT2D eigenvalue weighted by Crippen LogP contribution is -2.68. The summed E-state index contributed by atoms with van der Waals surface area (Å²) >= 11 is 12.4. The summed E-state index contributed by atoms with van der Waals surface area (Å²) in [7, 11) is -0.934. The number of hydrogen-bond donors (Lipinski definition) is 2. The molecule has 182 valence electrons. The number of benzene rings is 1. The van der Waals surface area contributed by atoms with Crippen molar-refractivity contribution < 1.29 is 8.95 Å². The van der Waals surface area contributed by atoms with Crippen molar-refractivity contribution in [2.75, 3.05) is 30.0 Å². The Kier molecular flexibility index (Phi) is 6.67. The van der Waals surface area contributed by atoms with Crippen molar-refractivity contribution in [2.24, 2.45) is 0 Å². The van der Waals surface area contributed by atoms with Gasteiger partial charge in [0, 0.05) is 72.4 Å². The first-order valence-corrected chi connectivity index (χ1v) is 13.3. The van der Waals surface area contributed by atoms with Crippen LogP contribution in [0.25, 0.3) is 0 Å². The quantitative estimate of drug-likeness (QED) is 0.354. The Labute approximate surface area is 216 Å². The SMILES string of the molecule is CS(=O)N1C2CC1CN(c1ccc(C(=N)c3cc(OCc4c(Cl)cncc4Cl)ccc3N)cn1)C2. The van der Waals surface area contributed by atoms with E-state index in [2.05, 4.69) is 19.2 Å². The first-order chi connectivity index (χ1) is 16.8. The third-order valence-corrected chi connectivity index (χ3v) is 8.25. The largest absolute Gasteiger partial charge is 0.489 e. The third kappa shape index (κ3) is 4.73. The number of aromatic nitrogens is 2. The van der Waals surface area contributed by atoms with Gasteiger partial charge in [-0.15, -0.1) is 0 Å². The minimum Gasteiger partial charge on any atom is -0.489 e. The molecule has 3 fully saturated rings. The molecular weight excluding hydrogens is 507 g/mol. The molecule has 6 rings (SSSR count). The van der Waals surface area contributed by atoms with E-state index in [9.17, 15) is 4.21 Å². The summed E-state index contributed by atoms with van der Waals surface area (Å²) in [5, 5.41) is 9.57. The summed E-state index contributed by atoms with van der Waals surface area (Å²) < 4.78 is 19.8. The molecule has 3 aliphatic rings. The minimum atomic E-state index is -0.934. The highest BCUT2D eigenvalue weighted by atomic mass is 35.5. The van der Waals surface area contributed by atoms with Gasteiger partial charge in [0.2, 0.25) is 0 Å². The normalized spacial score (nSPS) is 20.3. The molecule has 0 aliphatic carbocycles. The van der Waals surface area contributed by atoms with E-state index in [1.807, 2.05) is 12.1 Å². The number of rotatable bonds is 7. The van der Waals surface area contributed by atoms with Crippen LogP contribution in [-0.4, -0.2) is 55.6 Å². The van der Waals surface area contributed by atoms with Gasteiger partial charge in [-0.25, -0.2) is 13.5 Å². The number of pyridine rings is 2. The summed E-state index contributed by atoms with van der Waals surface area (Å²) in [6, 6.07) is 9.59. The molecule has 8 nitrogen and oxygen atoms in total. The van der Waals surface area contributed by atoms with E-state index in [0.717, 1.165) is 25.3 Å². The highest BCUT2D eigenvalue weighted by molar-refractivity contribution is 7.81. The number of anilines is 2. The van der Waals surface area contributed by atoms with E-state index < -0.39 is 11.0 Å². The van der Waals surface area contributed by atoms with Crippen LogP contribution in [-0.2, 0) is 17.6 Å². The predicted molar refractivity (Wildman–Crippen MR) is 140 cm³/mol. The Balaban J connectivity index is 1.28. The maximum atomic E-state index is 11.9. The molecule has 11 heteroatoms. The van der Waals surface area contributed by atoms with Gasteiger partial charge in [0.1, 0.15) is 18.2 Å². The van der Waals surface area contributed by atoms with Crippen molar-refractivity contribution in [3.63, 3.8) is 0 Å². The molecule has 3 N–H and O–H groups in total. The van der Waals surface area contributed by atoms with Crippen molar-refractivity contribution in [3.8, 4) is 5.75 Å². The Bertz CT molecular complexity index is 1270. The van der Waals surface area contributed by atoms with Crippen molar-refractivity contribution in [3.05, 3.63) is 75.7 Å². The molecule has 0 saturated carbocycles. The number of nitrogens with two attached hydrogens (primary N) is 1. The van der Waals surface area contributed by atoms with E-state index >= 15 is 0 Å². The molecule has 2 bridgehead atoms. The Morgan fingerprint density at radius 3 is 2.51 bits per heavy atom. The number of nitrogens with one attached hydrogen (secondary N) is 1. The van der Waals surface area contributed by atoms with Gasteiger partial charge < -0.3 is 15.4 Å². The number of fused-ring (bicyclic) bond motifs is 2. The van der Waals surface area contributed by atoms with Gasteiger partial charge in [-0.05, 0) is 36.8 Å². The molecule has 3 atom stereocenters. The third-order valence-electron chi connectivity index (χ3n) is 6.41. The van der Waals surface area contributed by atoms with Crippen molar-refractivity contribution in [1.82, 2.24) is 14.3 Å². The lowest BCUT2D eigenvalue weighted by atomic mass is 9.91. The fourth-order valence-electron chi connectivity index (χ4n) is 4.63. The molecule has 3 aliphatic heterocycles.